The average Bonchev–Trinajstić information content (AvgIpc) is 2.03. The van der Waals surface area contributed by atoms with Gasteiger partial charge < -0.3 is 4.55 Å². The normalized spacial score (nSPS) is 13.5. The Hall–Kier alpha value is -0.350. The van der Waals surface area contributed by atoms with Gasteiger partial charge in [0.15, 0.2) is 11.1 Å². The highest BCUT2D eigenvalue weighted by molar-refractivity contribution is 7.82. The van der Waals surface area contributed by atoms with Crippen molar-refractivity contribution in [3.63, 3.8) is 0 Å². The van der Waals surface area contributed by atoms with Gasteiger partial charge in [0.2, 0.25) is 0 Å². The second-order valence-corrected chi connectivity index (χ2v) is 3.85. The summed E-state index contributed by atoms with van der Waals surface area (Å²) in [5.74, 6) is 0. The SMILES string of the molecule is O=S(O)/C=C/c1c(Cl)cccc1Cl. The van der Waals surface area contributed by atoms with Crippen LogP contribution in [0.3, 0.4) is 0 Å². The lowest BCUT2D eigenvalue weighted by Crippen LogP contribution is -1.80. The highest BCUT2D eigenvalue weighted by Crippen LogP contribution is 2.25. The van der Waals surface area contributed by atoms with Crippen LogP contribution in [0.5, 0.6) is 0 Å². The lowest BCUT2D eigenvalue weighted by molar-refractivity contribution is 0.574. The largest absolute Gasteiger partial charge is 0.303 e. The zero-order chi connectivity index (χ0) is 9.84. The van der Waals surface area contributed by atoms with E-state index in [9.17, 15) is 4.21 Å². The molecule has 0 heterocycles. The second kappa shape index (κ2) is 4.77. The Bertz CT molecular complexity index is 343. The Morgan fingerprint density at radius 1 is 1.31 bits per heavy atom. The number of benzene rings is 1. The van der Waals surface area contributed by atoms with E-state index in [0.717, 1.165) is 5.41 Å². The molecule has 0 saturated carbocycles. The third-order valence-electron chi connectivity index (χ3n) is 1.35. The minimum absolute atomic E-state index is 0.453. The molecule has 0 aliphatic carbocycles. The monoisotopic (exact) mass is 236 g/mol. The lowest BCUT2D eigenvalue weighted by atomic mass is 10.2. The third kappa shape index (κ3) is 3.12. The molecule has 1 aromatic rings. The van der Waals surface area contributed by atoms with Crippen LogP contribution >= 0.6 is 23.2 Å². The van der Waals surface area contributed by atoms with Crippen molar-refractivity contribution in [3.8, 4) is 0 Å². The molecular formula is C8H6Cl2O2S. The van der Waals surface area contributed by atoms with E-state index in [2.05, 4.69) is 0 Å². The highest BCUT2D eigenvalue weighted by Gasteiger charge is 2.00. The molecule has 0 saturated heterocycles. The summed E-state index contributed by atoms with van der Waals surface area (Å²) in [6, 6.07) is 5.03. The van der Waals surface area contributed by atoms with Crippen molar-refractivity contribution in [2.24, 2.45) is 0 Å². The van der Waals surface area contributed by atoms with Gasteiger partial charge in [-0.25, -0.2) is 4.21 Å². The summed E-state index contributed by atoms with van der Waals surface area (Å²) < 4.78 is 18.8. The number of hydrogen-bond acceptors (Lipinski definition) is 1. The maximum absolute atomic E-state index is 10.3. The Kier molecular flexibility index (Phi) is 3.93. The van der Waals surface area contributed by atoms with E-state index in [1.807, 2.05) is 0 Å². The minimum atomic E-state index is -1.98. The average molecular weight is 237 g/mol. The molecule has 0 radical (unpaired) electrons. The fourth-order valence-corrected chi connectivity index (χ4v) is 1.57. The molecule has 70 valence electrons. The van der Waals surface area contributed by atoms with Gasteiger partial charge in [0.25, 0.3) is 0 Å². The molecule has 0 bridgehead atoms. The first-order chi connectivity index (χ1) is 6.11. The summed E-state index contributed by atoms with van der Waals surface area (Å²) in [5, 5.41) is 2.01. The van der Waals surface area contributed by atoms with Gasteiger partial charge in [-0.05, 0) is 18.2 Å². The van der Waals surface area contributed by atoms with Gasteiger partial charge in [0, 0.05) is 21.0 Å². The van der Waals surface area contributed by atoms with Gasteiger partial charge in [-0.2, -0.15) is 0 Å². The first-order valence-electron chi connectivity index (χ1n) is 3.33. The highest BCUT2D eigenvalue weighted by atomic mass is 35.5. The molecule has 0 aliphatic heterocycles. The van der Waals surface area contributed by atoms with Crippen LogP contribution in [0.25, 0.3) is 6.08 Å². The van der Waals surface area contributed by atoms with Gasteiger partial charge >= 0.3 is 0 Å². The first kappa shape index (κ1) is 10.7. The van der Waals surface area contributed by atoms with Crippen LogP contribution < -0.4 is 0 Å². The maximum Gasteiger partial charge on any atom is 0.178 e. The van der Waals surface area contributed by atoms with E-state index in [1.165, 1.54) is 6.08 Å². The maximum atomic E-state index is 10.3. The summed E-state index contributed by atoms with van der Waals surface area (Å²) in [5.41, 5.74) is 0.549. The predicted octanol–water partition coefficient (Wildman–Crippen LogP) is 3.19. The van der Waals surface area contributed by atoms with Crippen LogP contribution in [0, 0.1) is 0 Å². The van der Waals surface area contributed by atoms with Crippen LogP contribution in [0.15, 0.2) is 23.6 Å². The summed E-state index contributed by atoms with van der Waals surface area (Å²) in [4.78, 5) is 0. The fourth-order valence-electron chi connectivity index (χ4n) is 0.796. The molecule has 1 aromatic carbocycles. The van der Waals surface area contributed by atoms with Crippen LogP contribution in [0.2, 0.25) is 10.0 Å². The van der Waals surface area contributed by atoms with Crippen molar-refractivity contribution >= 4 is 40.4 Å². The lowest BCUT2D eigenvalue weighted by Gasteiger charge is -1.99. The molecule has 0 aromatic heterocycles. The Labute approximate surface area is 88.5 Å². The minimum Gasteiger partial charge on any atom is -0.303 e. The number of rotatable bonds is 2. The number of halogens is 2. The van der Waals surface area contributed by atoms with Crippen molar-refractivity contribution in [1.29, 1.82) is 0 Å². The Balaban J connectivity index is 3.06. The molecule has 0 aliphatic rings. The van der Waals surface area contributed by atoms with Crippen molar-refractivity contribution in [3.05, 3.63) is 39.2 Å². The second-order valence-electron chi connectivity index (χ2n) is 2.21. The smallest absolute Gasteiger partial charge is 0.178 e. The van der Waals surface area contributed by atoms with Crippen LogP contribution in [-0.4, -0.2) is 8.76 Å². The van der Waals surface area contributed by atoms with Crippen LogP contribution in [0.1, 0.15) is 5.56 Å². The van der Waals surface area contributed by atoms with Gasteiger partial charge in [-0.15, -0.1) is 0 Å². The van der Waals surface area contributed by atoms with Crippen molar-refractivity contribution in [1.82, 2.24) is 0 Å². The van der Waals surface area contributed by atoms with E-state index >= 15 is 0 Å². The summed E-state index contributed by atoms with van der Waals surface area (Å²) >= 11 is 9.61. The van der Waals surface area contributed by atoms with E-state index in [1.54, 1.807) is 18.2 Å². The standard InChI is InChI=1S/C8H6Cl2O2S/c9-7-2-1-3-8(10)6(7)4-5-13(11)12/h1-5H,(H,11,12)/b5-4+. The van der Waals surface area contributed by atoms with Crippen molar-refractivity contribution < 1.29 is 8.76 Å². The topological polar surface area (TPSA) is 37.3 Å². The number of hydrogen-bond donors (Lipinski definition) is 1. The van der Waals surface area contributed by atoms with Crippen LogP contribution in [-0.2, 0) is 11.1 Å². The van der Waals surface area contributed by atoms with E-state index < -0.39 is 11.1 Å². The van der Waals surface area contributed by atoms with Crippen molar-refractivity contribution in [2.45, 2.75) is 0 Å². The van der Waals surface area contributed by atoms with Gasteiger partial charge in [-0.3, -0.25) is 0 Å². The summed E-state index contributed by atoms with van der Waals surface area (Å²) in [6.45, 7) is 0. The fraction of sp³-hybridized carbons (Fsp3) is 0. The molecule has 2 nitrogen and oxygen atoms in total. The molecular weight excluding hydrogens is 231 g/mol. The Morgan fingerprint density at radius 2 is 1.85 bits per heavy atom. The van der Waals surface area contributed by atoms with Crippen LogP contribution in [0.4, 0.5) is 0 Å². The van der Waals surface area contributed by atoms with E-state index in [-0.39, 0.29) is 0 Å². The molecule has 0 amide bonds. The van der Waals surface area contributed by atoms with Crippen molar-refractivity contribution in [2.75, 3.05) is 0 Å². The first-order valence-corrected chi connectivity index (χ1v) is 5.25. The van der Waals surface area contributed by atoms with E-state index in [0.29, 0.717) is 15.6 Å². The van der Waals surface area contributed by atoms with Gasteiger partial charge in [0.1, 0.15) is 0 Å². The predicted molar refractivity (Wildman–Crippen MR) is 56.3 cm³/mol. The summed E-state index contributed by atoms with van der Waals surface area (Å²) in [7, 11) is 0. The molecule has 1 unspecified atom stereocenters. The molecule has 1 atom stereocenters. The molecule has 13 heavy (non-hydrogen) atoms. The van der Waals surface area contributed by atoms with E-state index in [4.69, 9.17) is 27.8 Å². The quantitative estimate of drug-likeness (QED) is 0.802. The zero-order valence-electron chi connectivity index (χ0n) is 6.41. The molecule has 0 spiro atoms. The Morgan fingerprint density at radius 3 is 2.31 bits per heavy atom. The van der Waals surface area contributed by atoms with Gasteiger partial charge in [-0.1, -0.05) is 29.3 Å². The van der Waals surface area contributed by atoms with Gasteiger partial charge in [0.05, 0.1) is 0 Å². The zero-order valence-corrected chi connectivity index (χ0v) is 8.73. The molecule has 0 fully saturated rings. The summed E-state index contributed by atoms with van der Waals surface area (Å²) in [6.07, 6.45) is 1.42. The molecule has 1 rings (SSSR count). The molecule has 5 heteroatoms. The molecule has 1 N–H and O–H groups in total. The third-order valence-corrected chi connectivity index (χ3v) is 2.38.